The molecular formula is C15H21N5O2. The first-order chi connectivity index (χ1) is 10.6. The summed E-state index contributed by atoms with van der Waals surface area (Å²) in [6.45, 7) is 4.05. The van der Waals surface area contributed by atoms with Gasteiger partial charge in [-0.3, -0.25) is 0 Å². The maximum atomic E-state index is 9.21. The summed E-state index contributed by atoms with van der Waals surface area (Å²) in [5, 5.41) is 9.21. The first-order valence-corrected chi connectivity index (χ1v) is 7.54. The van der Waals surface area contributed by atoms with Crippen molar-refractivity contribution >= 4 is 17.1 Å². The molecule has 2 aromatic rings. The van der Waals surface area contributed by atoms with Crippen LogP contribution < -0.4 is 10.5 Å². The van der Waals surface area contributed by atoms with Crippen molar-refractivity contribution in [3.05, 3.63) is 18.5 Å². The topological polar surface area (TPSA) is 99.1 Å². The number of rotatable bonds is 4. The van der Waals surface area contributed by atoms with E-state index in [1.54, 1.807) is 6.33 Å². The van der Waals surface area contributed by atoms with Crippen LogP contribution in [0.4, 0.5) is 5.95 Å². The van der Waals surface area contributed by atoms with Gasteiger partial charge < -0.3 is 20.1 Å². The highest BCUT2D eigenvalue weighted by Crippen LogP contribution is 2.30. The van der Waals surface area contributed by atoms with Crippen LogP contribution in [0.25, 0.3) is 11.2 Å². The molecule has 0 radical (unpaired) electrons. The lowest BCUT2D eigenvalue weighted by molar-refractivity contribution is 0.235. The van der Waals surface area contributed by atoms with Gasteiger partial charge in [0.1, 0.15) is 0 Å². The van der Waals surface area contributed by atoms with E-state index in [2.05, 4.69) is 27.1 Å². The van der Waals surface area contributed by atoms with Gasteiger partial charge in [-0.1, -0.05) is 12.2 Å². The molecule has 7 nitrogen and oxygen atoms in total. The van der Waals surface area contributed by atoms with Crippen LogP contribution in [0.1, 0.15) is 32.7 Å². The van der Waals surface area contributed by atoms with Crippen LogP contribution in [0, 0.1) is 5.92 Å². The number of anilines is 1. The van der Waals surface area contributed by atoms with E-state index < -0.39 is 0 Å². The summed E-state index contributed by atoms with van der Waals surface area (Å²) < 4.78 is 7.68. The minimum atomic E-state index is -0.0115. The molecule has 2 heterocycles. The van der Waals surface area contributed by atoms with Gasteiger partial charge in [-0.25, -0.2) is 4.98 Å². The summed E-state index contributed by atoms with van der Waals surface area (Å²) >= 11 is 0. The van der Waals surface area contributed by atoms with Crippen molar-refractivity contribution in [3.8, 4) is 5.88 Å². The molecule has 118 valence electrons. The van der Waals surface area contributed by atoms with Gasteiger partial charge in [0.05, 0.1) is 18.5 Å². The SMILES string of the molecule is CC(C)Oc1nc(N)nc2c1ncn2[C@H]1C=C[C@@H](CO)CC1. The molecule has 0 aromatic carbocycles. The molecule has 0 bridgehead atoms. The Morgan fingerprint density at radius 1 is 1.36 bits per heavy atom. The Labute approximate surface area is 128 Å². The number of hydrogen-bond donors (Lipinski definition) is 2. The van der Waals surface area contributed by atoms with Gasteiger partial charge in [0.15, 0.2) is 11.2 Å². The van der Waals surface area contributed by atoms with E-state index in [9.17, 15) is 5.11 Å². The molecular weight excluding hydrogens is 282 g/mol. The average Bonchev–Trinajstić information content (AvgIpc) is 2.90. The van der Waals surface area contributed by atoms with Crippen molar-refractivity contribution in [1.82, 2.24) is 19.5 Å². The number of ether oxygens (including phenoxy) is 1. The highest BCUT2D eigenvalue weighted by Gasteiger charge is 2.21. The second-order valence-corrected chi connectivity index (χ2v) is 5.85. The predicted molar refractivity (Wildman–Crippen MR) is 83.5 cm³/mol. The maximum absolute atomic E-state index is 9.21. The normalized spacial score (nSPS) is 21.6. The molecule has 0 spiro atoms. The second-order valence-electron chi connectivity index (χ2n) is 5.85. The standard InChI is InChI=1S/C15H21N5O2/c1-9(2)22-14-12-13(18-15(16)19-14)20(8-17-12)11-5-3-10(7-21)4-6-11/h3,5,8-11,21H,4,6-7H2,1-2H3,(H2,16,18,19)/t10-,11+/m1/s1. The molecule has 1 aliphatic rings. The van der Waals surface area contributed by atoms with Crippen LogP contribution in [0.2, 0.25) is 0 Å². The number of imidazole rings is 1. The predicted octanol–water partition coefficient (Wildman–Crippen LogP) is 1.70. The molecule has 7 heteroatoms. The Hall–Kier alpha value is -2.15. The largest absolute Gasteiger partial charge is 0.473 e. The van der Waals surface area contributed by atoms with E-state index >= 15 is 0 Å². The lowest BCUT2D eigenvalue weighted by atomic mass is 9.93. The number of fused-ring (bicyclic) bond motifs is 1. The maximum Gasteiger partial charge on any atom is 0.247 e. The van der Waals surface area contributed by atoms with E-state index in [0.717, 1.165) is 12.8 Å². The number of aliphatic hydroxyl groups excluding tert-OH is 1. The molecule has 0 saturated heterocycles. The zero-order valence-corrected chi connectivity index (χ0v) is 12.8. The molecule has 0 amide bonds. The monoisotopic (exact) mass is 303 g/mol. The quantitative estimate of drug-likeness (QED) is 0.834. The molecule has 0 fully saturated rings. The highest BCUT2D eigenvalue weighted by atomic mass is 16.5. The molecule has 2 aromatic heterocycles. The van der Waals surface area contributed by atoms with Gasteiger partial charge in [0.25, 0.3) is 0 Å². The van der Waals surface area contributed by atoms with Crippen molar-refractivity contribution in [2.24, 2.45) is 5.92 Å². The minimum absolute atomic E-state index is 0.0115. The van der Waals surface area contributed by atoms with Gasteiger partial charge >= 0.3 is 0 Å². The summed E-state index contributed by atoms with van der Waals surface area (Å²) in [5.41, 5.74) is 7.11. The fourth-order valence-electron chi connectivity index (χ4n) is 2.70. The number of allylic oxidation sites excluding steroid dienone is 1. The Kier molecular flexibility index (Phi) is 3.98. The third kappa shape index (κ3) is 2.76. The van der Waals surface area contributed by atoms with E-state index in [1.807, 2.05) is 18.4 Å². The summed E-state index contributed by atoms with van der Waals surface area (Å²) in [7, 11) is 0. The molecule has 22 heavy (non-hydrogen) atoms. The minimum Gasteiger partial charge on any atom is -0.473 e. The molecule has 3 rings (SSSR count). The smallest absolute Gasteiger partial charge is 0.247 e. The molecule has 1 aliphatic carbocycles. The van der Waals surface area contributed by atoms with Crippen molar-refractivity contribution in [2.45, 2.75) is 38.8 Å². The van der Waals surface area contributed by atoms with Crippen molar-refractivity contribution in [2.75, 3.05) is 12.3 Å². The van der Waals surface area contributed by atoms with Crippen molar-refractivity contribution in [1.29, 1.82) is 0 Å². The van der Waals surface area contributed by atoms with Crippen LogP contribution in [0.5, 0.6) is 5.88 Å². The zero-order chi connectivity index (χ0) is 15.7. The third-order valence-electron chi connectivity index (χ3n) is 3.78. The van der Waals surface area contributed by atoms with E-state index in [-0.39, 0.29) is 30.6 Å². The third-order valence-corrected chi connectivity index (χ3v) is 3.78. The Balaban J connectivity index is 2.00. The number of aliphatic hydroxyl groups is 1. The number of nitrogen functional groups attached to an aromatic ring is 1. The van der Waals surface area contributed by atoms with Crippen LogP contribution >= 0.6 is 0 Å². The van der Waals surface area contributed by atoms with E-state index in [1.165, 1.54) is 0 Å². The molecule has 0 saturated carbocycles. The molecule has 0 aliphatic heterocycles. The Morgan fingerprint density at radius 2 is 2.18 bits per heavy atom. The summed E-state index contributed by atoms with van der Waals surface area (Å²) in [6.07, 6.45) is 7.75. The molecule has 2 atom stereocenters. The summed E-state index contributed by atoms with van der Waals surface area (Å²) in [5.74, 6) is 0.841. The second kappa shape index (κ2) is 5.92. The van der Waals surface area contributed by atoms with Crippen LogP contribution in [-0.2, 0) is 0 Å². The van der Waals surface area contributed by atoms with E-state index in [4.69, 9.17) is 10.5 Å². The number of hydrogen-bond acceptors (Lipinski definition) is 6. The number of nitrogens with two attached hydrogens (primary N) is 1. The fraction of sp³-hybridized carbons (Fsp3) is 0.533. The van der Waals surface area contributed by atoms with Crippen LogP contribution in [0.3, 0.4) is 0 Å². The van der Waals surface area contributed by atoms with Gasteiger partial charge in [-0.05, 0) is 26.7 Å². The van der Waals surface area contributed by atoms with Gasteiger partial charge in [-0.2, -0.15) is 9.97 Å². The Morgan fingerprint density at radius 3 is 2.82 bits per heavy atom. The lowest BCUT2D eigenvalue weighted by Crippen LogP contribution is -2.15. The van der Waals surface area contributed by atoms with Crippen LogP contribution in [0.15, 0.2) is 18.5 Å². The molecule has 0 unspecified atom stereocenters. The summed E-state index contributed by atoms with van der Waals surface area (Å²) in [6, 6.07) is 0.161. The van der Waals surface area contributed by atoms with Gasteiger partial charge in [0.2, 0.25) is 11.8 Å². The van der Waals surface area contributed by atoms with Crippen LogP contribution in [-0.4, -0.2) is 37.3 Å². The van der Waals surface area contributed by atoms with E-state index in [0.29, 0.717) is 17.0 Å². The highest BCUT2D eigenvalue weighted by molar-refractivity contribution is 5.77. The van der Waals surface area contributed by atoms with Gasteiger partial charge in [0, 0.05) is 12.5 Å². The van der Waals surface area contributed by atoms with Gasteiger partial charge in [-0.15, -0.1) is 0 Å². The fourth-order valence-corrected chi connectivity index (χ4v) is 2.70. The average molecular weight is 303 g/mol. The first kappa shape index (κ1) is 14.8. The summed E-state index contributed by atoms with van der Waals surface area (Å²) in [4.78, 5) is 12.9. The van der Waals surface area contributed by atoms with Crippen molar-refractivity contribution in [3.63, 3.8) is 0 Å². The van der Waals surface area contributed by atoms with Crippen molar-refractivity contribution < 1.29 is 9.84 Å². The first-order valence-electron chi connectivity index (χ1n) is 7.54. The number of nitrogens with zero attached hydrogens (tertiary/aromatic N) is 4. The number of aromatic nitrogens is 4. The zero-order valence-electron chi connectivity index (χ0n) is 12.8. The lowest BCUT2D eigenvalue weighted by Gasteiger charge is -2.22. The Bertz CT molecular complexity index is 695. The molecule has 3 N–H and O–H groups in total.